The van der Waals surface area contributed by atoms with Crippen molar-refractivity contribution in [2.75, 3.05) is 13.2 Å². The largest absolute Gasteiger partial charge is 0.394 e. The SMILES string of the molecule is [C-]#[N+]N(CCO)C(N)=S. The zero-order valence-corrected chi connectivity index (χ0v) is 5.56. The van der Waals surface area contributed by atoms with E-state index in [1.54, 1.807) is 0 Å². The number of nitrogens with two attached hydrogens (primary N) is 1. The second-order valence-electron chi connectivity index (χ2n) is 1.28. The molecule has 0 radical (unpaired) electrons. The van der Waals surface area contributed by atoms with Crippen LogP contribution in [0.3, 0.4) is 0 Å². The highest BCUT2D eigenvalue weighted by molar-refractivity contribution is 7.80. The van der Waals surface area contributed by atoms with E-state index in [-0.39, 0.29) is 18.3 Å². The average Bonchev–Trinajstić information content (AvgIpc) is 1.82. The normalized spacial score (nSPS) is 8.00. The summed E-state index contributed by atoms with van der Waals surface area (Å²) < 4.78 is 0. The van der Waals surface area contributed by atoms with Crippen molar-refractivity contribution in [3.8, 4) is 0 Å². The Labute approximate surface area is 58.7 Å². The number of aliphatic hydroxyl groups excluding tert-OH is 1. The van der Waals surface area contributed by atoms with Gasteiger partial charge in [0.2, 0.25) is 5.11 Å². The van der Waals surface area contributed by atoms with Gasteiger partial charge in [0, 0.05) is 0 Å². The van der Waals surface area contributed by atoms with Gasteiger partial charge in [0.1, 0.15) is 6.54 Å². The van der Waals surface area contributed by atoms with Gasteiger partial charge in [-0.3, -0.25) is 0 Å². The summed E-state index contributed by atoms with van der Waals surface area (Å²) in [4.78, 5) is 2.93. The standard InChI is InChI=1S/C4H7N3OS/c1-6-7(2-3-8)4(5)9/h8H,2-3H2,(H2,5,9). The van der Waals surface area contributed by atoms with Gasteiger partial charge in [-0.05, 0) is 17.2 Å². The molecule has 4 nitrogen and oxygen atoms in total. The minimum Gasteiger partial charge on any atom is -0.394 e. The maximum absolute atomic E-state index is 8.32. The number of hydrogen-bond acceptors (Lipinski definition) is 2. The molecule has 0 bridgehead atoms. The van der Waals surface area contributed by atoms with Crippen molar-refractivity contribution >= 4 is 17.3 Å². The maximum atomic E-state index is 8.32. The number of thiocarbonyl (C=S) groups is 1. The van der Waals surface area contributed by atoms with E-state index >= 15 is 0 Å². The van der Waals surface area contributed by atoms with Gasteiger partial charge in [-0.15, -0.1) is 0 Å². The molecule has 0 spiro atoms. The smallest absolute Gasteiger partial charge is 0.238 e. The van der Waals surface area contributed by atoms with Gasteiger partial charge < -0.3 is 10.8 Å². The van der Waals surface area contributed by atoms with E-state index in [2.05, 4.69) is 17.2 Å². The Bertz CT molecular complexity index is 141. The molecule has 0 aliphatic carbocycles. The molecule has 0 saturated carbocycles. The molecule has 0 rings (SSSR count). The van der Waals surface area contributed by atoms with Crippen LogP contribution in [0.1, 0.15) is 0 Å². The molecule has 0 heterocycles. The molecule has 0 aromatic carbocycles. The van der Waals surface area contributed by atoms with Crippen LogP contribution in [-0.2, 0) is 0 Å². The molecule has 0 unspecified atom stereocenters. The van der Waals surface area contributed by atoms with Crippen molar-refractivity contribution in [2.45, 2.75) is 0 Å². The minimum atomic E-state index is -0.111. The van der Waals surface area contributed by atoms with Crippen LogP contribution in [0, 0.1) is 6.57 Å². The van der Waals surface area contributed by atoms with E-state index < -0.39 is 0 Å². The zero-order chi connectivity index (χ0) is 7.28. The number of aliphatic hydroxyl groups is 1. The molecule has 0 fully saturated rings. The van der Waals surface area contributed by atoms with Crippen molar-refractivity contribution in [2.24, 2.45) is 5.73 Å². The van der Waals surface area contributed by atoms with Crippen LogP contribution >= 0.6 is 12.2 Å². The number of rotatable bonds is 2. The lowest BCUT2D eigenvalue weighted by Crippen LogP contribution is -2.31. The summed E-state index contributed by atoms with van der Waals surface area (Å²) in [7, 11) is 0. The summed E-state index contributed by atoms with van der Waals surface area (Å²) in [6.07, 6.45) is 0. The highest BCUT2D eigenvalue weighted by Crippen LogP contribution is 1.85. The predicted octanol–water partition coefficient (Wildman–Crippen LogP) is -0.641. The van der Waals surface area contributed by atoms with Gasteiger partial charge in [0.25, 0.3) is 0 Å². The lowest BCUT2D eigenvalue weighted by molar-refractivity contribution is 0.270. The number of hydrogen-bond donors (Lipinski definition) is 2. The van der Waals surface area contributed by atoms with E-state index in [9.17, 15) is 0 Å². The Morgan fingerprint density at radius 2 is 2.44 bits per heavy atom. The second-order valence-corrected chi connectivity index (χ2v) is 1.70. The van der Waals surface area contributed by atoms with Crippen molar-refractivity contribution in [1.82, 2.24) is 5.01 Å². The van der Waals surface area contributed by atoms with Crippen LogP contribution in [0.4, 0.5) is 0 Å². The molecule has 0 aliphatic rings. The van der Waals surface area contributed by atoms with Crippen LogP contribution in [0.2, 0.25) is 0 Å². The number of nitrogens with zero attached hydrogens (tertiary/aromatic N) is 2. The third-order valence-electron chi connectivity index (χ3n) is 0.687. The lowest BCUT2D eigenvalue weighted by Gasteiger charge is -2.03. The third-order valence-corrected chi connectivity index (χ3v) is 0.898. The monoisotopic (exact) mass is 145 g/mol. The van der Waals surface area contributed by atoms with Crippen molar-refractivity contribution < 1.29 is 5.11 Å². The molecule has 5 heteroatoms. The fourth-order valence-corrected chi connectivity index (χ4v) is 0.436. The Kier molecular flexibility index (Phi) is 3.67. The van der Waals surface area contributed by atoms with Crippen molar-refractivity contribution in [1.29, 1.82) is 0 Å². The molecule has 0 amide bonds. The Balaban J connectivity index is 3.72. The summed E-state index contributed by atoms with van der Waals surface area (Å²) in [5.41, 5.74) is 5.07. The van der Waals surface area contributed by atoms with Crippen molar-refractivity contribution in [3.05, 3.63) is 11.5 Å². The van der Waals surface area contributed by atoms with E-state index in [1.165, 1.54) is 0 Å². The molecular weight excluding hydrogens is 138 g/mol. The molecule has 0 aromatic heterocycles. The van der Waals surface area contributed by atoms with Gasteiger partial charge in [-0.25, -0.2) is 0 Å². The predicted molar refractivity (Wildman–Crippen MR) is 37.2 cm³/mol. The molecule has 50 valence electrons. The van der Waals surface area contributed by atoms with Crippen LogP contribution < -0.4 is 5.73 Å². The molecule has 0 aromatic rings. The zero-order valence-electron chi connectivity index (χ0n) is 4.74. The maximum Gasteiger partial charge on any atom is 0.238 e. The minimum absolute atomic E-state index is 0.000880. The first kappa shape index (κ1) is 8.14. The van der Waals surface area contributed by atoms with E-state index in [0.29, 0.717) is 0 Å². The van der Waals surface area contributed by atoms with Gasteiger partial charge in [0.05, 0.1) is 6.61 Å². The molecule has 0 atom stereocenters. The summed E-state index contributed by atoms with van der Waals surface area (Å²) >= 11 is 4.46. The highest BCUT2D eigenvalue weighted by atomic mass is 32.1. The molecule has 0 aliphatic heterocycles. The molecule has 3 N–H and O–H groups in total. The Morgan fingerprint density at radius 3 is 2.56 bits per heavy atom. The van der Waals surface area contributed by atoms with Crippen molar-refractivity contribution in [3.63, 3.8) is 0 Å². The quantitative estimate of drug-likeness (QED) is 0.308. The van der Waals surface area contributed by atoms with E-state index in [0.717, 1.165) is 5.01 Å². The summed E-state index contributed by atoms with van der Waals surface area (Å²) in [5.74, 6) is 0. The summed E-state index contributed by atoms with van der Waals surface area (Å²) in [6.45, 7) is 6.53. The molecule has 9 heavy (non-hydrogen) atoms. The molecule has 0 saturated heterocycles. The first-order valence-corrected chi connectivity index (χ1v) is 2.68. The van der Waals surface area contributed by atoms with E-state index in [1.807, 2.05) is 0 Å². The Morgan fingerprint density at radius 1 is 1.89 bits per heavy atom. The highest BCUT2D eigenvalue weighted by Gasteiger charge is 2.06. The van der Waals surface area contributed by atoms with E-state index in [4.69, 9.17) is 17.4 Å². The average molecular weight is 145 g/mol. The van der Waals surface area contributed by atoms with Crippen LogP contribution in [0.25, 0.3) is 4.95 Å². The van der Waals surface area contributed by atoms with Crippen LogP contribution in [0.15, 0.2) is 0 Å². The van der Waals surface area contributed by atoms with Crippen LogP contribution in [0.5, 0.6) is 0 Å². The second kappa shape index (κ2) is 4.06. The Hall–Kier alpha value is -0.860. The fraction of sp³-hybridized carbons (Fsp3) is 0.500. The first-order valence-electron chi connectivity index (χ1n) is 2.27. The third kappa shape index (κ3) is 2.85. The van der Waals surface area contributed by atoms with Gasteiger partial charge in [-0.1, -0.05) is 0 Å². The van der Waals surface area contributed by atoms with Gasteiger partial charge in [0.15, 0.2) is 0 Å². The van der Waals surface area contributed by atoms with Gasteiger partial charge in [-0.2, -0.15) is 11.5 Å². The van der Waals surface area contributed by atoms with Crippen LogP contribution in [-0.4, -0.2) is 28.4 Å². The fourth-order valence-electron chi connectivity index (χ4n) is 0.304. The molecular formula is C4H7N3OS. The summed E-state index contributed by atoms with van der Waals surface area (Å²) in [5, 5.41) is 9.34. The van der Waals surface area contributed by atoms with Gasteiger partial charge >= 0.3 is 0 Å². The summed E-state index contributed by atoms with van der Waals surface area (Å²) in [6, 6.07) is 0. The first-order chi connectivity index (χ1) is 4.22. The lowest BCUT2D eigenvalue weighted by atomic mass is 10.7. The topological polar surface area (TPSA) is 53.9 Å².